The highest BCUT2D eigenvalue weighted by Crippen LogP contribution is 2.31. The zero-order valence-corrected chi connectivity index (χ0v) is 20.4. The number of ether oxygens (including phenoxy) is 1. The highest BCUT2D eigenvalue weighted by Gasteiger charge is 2.20. The van der Waals surface area contributed by atoms with E-state index in [1.165, 1.54) is 23.1 Å². The van der Waals surface area contributed by atoms with Crippen LogP contribution in [0.25, 0.3) is 11.3 Å². The summed E-state index contributed by atoms with van der Waals surface area (Å²) in [5.74, 6) is -0.814. The molecule has 0 aliphatic rings. The second-order valence-corrected chi connectivity index (χ2v) is 9.38. The number of carbonyl (C=O) groups is 3. The molecular weight excluding hydrogens is 474 g/mol. The predicted octanol–water partition coefficient (Wildman–Crippen LogP) is 5.13. The number of aliphatic carboxylic acids is 1. The number of nitrogens with zero attached hydrogens (tertiary/aromatic N) is 1. The van der Waals surface area contributed by atoms with E-state index in [1.807, 2.05) is 42.6 Å². The van der Waals surface area contributed by atoms with Crippen LogP contribution in [-0.2, 0) is 14.4 Å². The van der Waals surface area contributed by atoms with Crippen LogP contribution in [0.1, 0.15) is 26.2 Å². The first kappa shape index (κ1) is 25.3. The van der Waals surface area contributed by atoms with Gasteiger partial charge in [0.15, 0.2) is 5.13 Å². The minimum absolute atomic E-state index is 0.0989. The molecule has 0 saturated heterocycles. The van der Waals surface area contributed by atoms with E-state index in [9.17, 15) is 14.4 Å². The molecule has 2 amide bonds. The van der Waals surface area contributed by atoms with Gasteiger partial charge in [0.1, 0.15) is 5.75 Å². The summed E-state index contributed by atoms with van der Waals surface area (Å²) in [7, 11) is 1.61. The first-order valence-electron chi connectivity index (χ1n) is 10.6. The predicted molar refractivity (Wildman–Crippen MR) is 135 cm³/mol. The van der Waals surface area contributed by atoms with E-state index in [0.29, 0.717) is 17.2 Å². The van der Waals surface area contributed by atoms with E-state index < -0.39 is 5.97 Å². The van der Waals surface area contributed by atoms with Crippen molar-refractivity contribution >= 4 is 51.7 Å². The zero-order chi connectivity index (χ0) is 24.5. The van der Waals surface area contributed by atoms with Crippen LogP contribution in [0.4, 0.5) is 10.8 Å². The van der Waals surface area contributed by atoms with Crippen LogP contribution in [0.2, 0.25) is 0 Å². The van der Waals surface area contributed by atoms with Gasteiger partial charge in [-0.15, -0.1) is 23.1 Å². The minimum atomic E-state index is -1.02. The molecule has 0 radical (unpaired) electrons. The Balaban J connectivity index is 1.61. The molecule has 0 aliphatic heterocycles. The first-order chi connectivity index (χ1) is 16.4. The Morgan fingerprint density at radius 1 is 1.12 bits per heavy atom. The quantitative estimate of drug-likeness (QED) is 0.313. The summed E-state index contributed by atoms with van der Waals surface area (Å²) in [6, 6.07) is 14.7. The number of hydrogen-bond acceptors (Lipinski definition) is 7. The molecule has 0 fully saturated rings. The van der Waals surface area contributed by atoms with Crippen molar-refractivity contribution in [3.8, 4) is 17.0 Å². The van der Waals surface area contributed by atoms with Gasteiger partial charge in [-0.05, 0) is 36.8 Å². The van der Waals surface area contributed by atoms with Gasteiger partial charge in [0.2, 0.25) is 11.8 Å². The van der Waals surface area contributed by atoms with Gasteiger partial charge in [-0.2, -0.15) is 0 Å². The third kappa shape index (κ3) is 7.32. The van der Waals surface area contributed by atoms with Crippen molar-refractivity contribution in [1.82, 2.24) is 4.98 Å². The number of methoxy groups -OCH3 is 1. The molecule has 0 spiro atoms. The number of thioether (sulfide) groups is 1. The Labute approximate surface area is 205 Å². The number of benzene rings is 2. The number of carboxylic acid groups (broad SMARTS) is 1. The fourth-order valence-electron chi connectivity index (χ4n) is 3.01. The van der Waals surface area contributed by atoms with Gasteiger partial charge in [0.25, 0.3) is 0 Å². The van der Waals surface area contributed by atoms with E-state index in [0.717, 1.165) is 21.9 Å². The number of nitrogens with one attached hydrogen (secondary N) is 2. The van der Waals surface area contributed by atoms with Crippen LogP contribution in [0.3, 0.4) is 0 Å². The Bertz CT molecular complexity index is 1160. The van der Waals surface area contributed by atoms with E-state index in [1.54, 1.807) is 25.3 Å². The maximum Gasteiger partial charge on any atom is 0.303 e. The summed E-state index contributed by atoms with van der Waals surface area (Å²) in [6.45, 7) is 1.93. The fraction of sp³-hybridized carbons (Fsp3) is 0.250. The Morgan fingerprint density at radius 3 is 2.65 bits per heavy atom. The Kier molecular flexibility index (Phi) is 9.06. The summed E-state index contributed by atoms with van der Waals surface area (Å²) in [5, 5.41) is 16.3. The van der Waals surface area contributed by atoms with Crippen LogP contribution < -0.4 is 15.4 Å². The summed E-state index contributed by atoms with van der Waals surface area (Å²) in [4.78, 5) is 40.8. The molecule has 3 aromatic rings. The molecule has 3 N–H and O–H groups in total. The average molecular weight is 500 g/mol. The summed E-state index contributed by atoms with van der Waals surface area (Å²) in [5.41, 5.74) is 2.21. The molecule has 8 nitrogen and oxygen atoms in total. The van der Waals surface area contributed by atoms with E-state index in [2.05, 4.69) is 15.6 Å². The maximum absolute atomic E-state index is 12.9. The van der Waals surface area contributed by atoms with Crippen molar-refractivity contribution in [3.63, 3.8) is 0 Å². The monoisotopic (exact) mass is 499 g/mol. The normalized spacial score (nSPS) is 11.5. The van der Waals surface area contributed by atoms with Crippen LogP contribution >= 0.6 is 23.1 Å². The first-order valence-corrected chi connectivity index (χ1v) is 12.3. The molecule has 1 heterocycles. The number of hydrogen-bond donors (Lipinski definition) is 3. The van der Waals surface area contributed by atoms with Crippen LogP contribution in [-0.4, -0.2) is 40.2 Å². The number of thiazole rings is 1. The van der Waals surface area contributed by atoms with Crippen molar-refractivity contribution in [3.05, 3.63) is 53.9 Å². The van der Waals surface area contributed by atoms with Gasteiger partial charge in [-0.25, -0.2) is 4.98 Å². The van der Waals surface area contributed by atoms with E-state index >= 15 is 0 Å². The SMILES string of the molecule is CCC(Sc1cccc(NC(=O)CCC(=O)O)c1)C(=O)Nc1nc(-c2cccc(OC)c2)cs1. The highest BCUT2D eigenvalue weighted by atomic mass is 32.2. The van der Waals surface area contributed by atoms with E-state index in [-0.39, 0.29) is 29.9 Å². The van der Waals surface area contributed by atoms with Crippen LogP contribution in [0, 0.1) is 0 Å². The molecule has 2 aromatic carbocycles. The van der Waals surface area contributed by atoms with Gasteiger partial charge in [-0.3, -0.25) is 14.4 Å². The van der Waals surface area contributed by atoms with Gasteiger partial charge >= 0.3 is 5.97 Å². The summed E-state index contributed by atoms with van der Waals surface area (Å²) < 4.78 is 5.26. The molecule has 10 heteroatoms. The highest BCUT2D eigenvalue weighted by molar-refractivity contribution is 8.00. The maximum atomic E-state index is 12.9. The number of amides is 2. The molecule has 0 saturated carbocycles. The second-order valence-electron chi connectivity index (χ2n) is 7.24. The molecule has 34 heavy (non-hydrogen) atoms. The fourth-order valence-corrected chi connectivity index (χ4v) is 4.75. The molecule has 1 aromatic heterocycles. The molecule has 3 rings (SSSR count). The molecule has 1 unspecified atom stereocenters. The van der Waals surface area contributed by atoms with Gasteiger partial charge in [0, 0.05) is 27.9 Å². The molecular formula is C24H25N3O5S2. The smallest absolute Gasteiger partial charge is 0.303 e. The number of rotatable bonds is 11. The largest absolute Gasteiger partial charge is 0.497 e. The third-order valence-corrected chi connectivity index (χ3v) is 6.84. The Hall–Kier alpha value is -3.37. The number of aromatic nitrogens is 1. The zero-order valence-electron chi connectivity index (χ0n) is 18.7. The minimum Gasteiger partial charge on any atom is -0.497 e. The second kappa shape index (κ2) is 12.2. The average Bonchev–Trinajstić information content (AvgIpc) is 3.30. The summed E-state index contributed by atoms with van der Waals surface area (Å²) in [6.07, 6.45) is 0.271. The van der Waals surface area contributed by atoms with Crippen molar-refractivity contribution in [2.75, 3.05) is 17.7 Å². The van der Waals surface area contributed by atoms with Gasteiger partial charge < -0.3 is 20.5 Å². The van der Waals surface area contributed by atoms with Crippen molar-refractivity contribution in [1.29, 1.82) is 0 Å². The molecule has 0 bridgehead atoms. The Morgan fingerprint density at radius 2 is 1.91 bits per heavy atom. The van der Waals surface area contributed by atoms with E-state index in [4.69, 9.17) is 9.84 Å². The molecule has 0 aliphatic carbocycles. The topological polar surface area (TPSA) is 118 Å². The van der Waals surface area contributed by atoms with Gasteiger partial charge in [0.05, 0.1) is 24.5 Å². The van der Waals surface area contributed by atoms with Gasteiger partial charge in [-0.1, -0.05) is 25.1 Å². The lowest BCUT2D eigenvalue weighted by atomic mass is 10.2. The van der Waals surface area contributed by atoms with Crippen molar-refractivity contribution in [2.45, 2.75) is 36.3 Å². The third-order valence-electron chi connectivity index (χ3n) is 4.73. The molecule has 178 valence electrons. The molecule has 1 atom stereocenters. The standard InChI is InChI=1S/C24H25N3O5S2/c1-3-20(34-18-9-5-7-16(13-18)25-21(28)10-11-22(29)30)23(31)27-24-26-19(14-33-24)15-6-4-8-17(12-15)32-2/h4-9,12-14,20H,3,10-11H2,1-2H3,(H,25,28)(H,29,30)(H,26,27,31). The summed E-state index contributed by atoms with van der Waals surface area (Å²) >= 11 is 2.74. The lowest BCUT2D eigenvalue weighted by Crippen LogP contribution is -2.24. The van der Waals surface area contributed by atoms with Crippen molar-refractivity contribution < 1.29 is 24.2 Å². The number of carboxylic acids is 1. The lowest BCUT2D eigenvalue weighted by molar-refractivity contribution is -0.138. The number of anilines is 2. The van der Waals surface area contributed by atoms with Crippen LogP contribution in [0.15, 0.2) is 58.8 Å². The number of carbonyl (C=O) groups excluding carboxylic acids is 2. The lowest BCUT2D eigenvalue weighted by Gasteiger charge is -2.14. The van der Waals surface area contributed by atoms with Crippen molar-refractivity contribution in [2.24, 2.45) is 0 Å². The van der Waals surface area contributed by atoms with Crippen LogP contribution in [0.5, 0.6) is 5.75 Å².